The van der Waals surface area contributed by atoms with Gasteiger partial charge in [0, 0.05) is 0 Å². The second-order valence-corrected chi connectivity index (χ2v) is 3.56. The van der Waals surface area contributed by atoms with E-state index in [1.165, 1.54) is 12.1 Å². The molecule has 0 saturated carbocycles. The summed E-state index contributed by atoms with van der Waals surface area (Å²) in [4.78, 5) is 11.0. The molecule has 1 rings (SSSR count). The van der Waals surface area contributed by atoms with E-state index in [4.69, 9.17) is 0 Å². The number of rotatable bonds is 3. The van der Waals surface area contributed by atoms with Gasteiger partial charge in [-0.05, 0) is 30.7 Å². The third-order valence-electron chi connectivity index (χ3n) is 2.26. The minimum Gasteiger partial charge on any atom is -0.346 e. The molecule has 0 aromatic heterocycles. The summed E-state index contributed by atoms with van der Waals surface area (Å²) in [6.45, 7) is 4.88. The summed E-state index contributed by atoms with van der Waals surface area (Å²) in [7, 11) is 0. The van der Waals surface area contributed by atoms with Crippen molar-refractivity contribution >= 4 is 5.91 Å². The van der Waals surface area contributed by atoms with Crippen LogP contribution in [-0.2, 0) is 11.0 Å². The van der Waals surface area contributed by atoms with Crippen LogP contribution >= 0.6 is 0 Å². The lowest BCUT2D eigenvalue weighted by molar-refractivity contribution is -0.137. The zero-order valence-electron chi connectivity index (χ0n) is 9.21. The van der Waals surface area contributed by atoms with E-state index >= 15 is 0 Å². The maximum absolute atomic E-state index is 12.5. The maximum Gasteiger partial charge on any atom is 0.416 e. The van der Waals surface area contributed by atoms with E-state index < -0.39 is 23.7 Å². The van der Waals surface area contributed by atoms with Crippen molar-refractivity contribution < 1.29 is 18.0 Å². The molecule has 1 N–H and O–H groups in total. The highest BCUT2D eigenvalue weighted by Crippen LogP contribution is 2.30. The molecular weight excluding hydrogens is 231 g/mol. The Bertz CT molecular complexity index is 426. The van der Waals surface area contributed by atoms with Crippen LogP contribution in [0.5, 0.6) is 0 Å². The van der Waals surface area contributed by atoms with Crippen LogP contribution in [0, 0.1) is 0 Å². The van der Waals surface area contributed by atoms with E-state index in [0.717, 1.165) is 18.2 Å². The summed E-state index contributed by atoms with van der Waals surface area (Å²) >= 11 is 0. The number of hydrogen-bond donors (Lipinski definition) is 1. The Morgan fingerprint density at radius 1 is 1.47 bits per heavy atom. The summed E-state index contributed by atoms with van der Waals surface area (Å²) in [6.07, 6.45) is -3.30. The largest absolute Gasteiger partial charge is 0.416 e. The number of hydrogen-bond acceptors (Lipinski definition) is 1. The Kier molecular flexibility index (Phi) is 3.93. The van der Waals surface area contributed by atoms with Gasteiger partial charge in [-0.25, -0.2) is 0 Å². The van der Waals surface area contributed by atoms with E-state index in [2.05, 4.69) is 11.9 Å². The molecule has 0 radical (unpaired) electrons. The van der Waals surface area contributed by atoms with Crippen molar-refractivity contribution in [1.29, 1.82) is 0 Å². The Morgan fingerprint density at radius 3 is 2.65 bits per heavy atom. The van der Waals surface area contributed by atoms with Crippen LogP contribution in [0.3, 0.4) is 0 Å². The average molecular weight is 243 g/mol. The first kappa shape index (κ1) is 13.3. The fraction of sp³-hybridized carbons (Fsp3) is 0.250. The van der Waals surface area contributed by atoms with Crippen molar-refractivity contribution in [3.05, 3.63) is 48.0 Å². The fourth-order valence-electron chi connectivity index (χ4n) is 1.34. The lowest BCUT2D eigenvalue weighted by Gasteiger charge is -2.15. The minimum atomic E-state index is -4.38. The zero-order chi connectivity index (χ0) is 13.1. The lowest BCUT2D eigenvalue weighted by Crippen LogP contribution is -2.24. The first-order chi connectivity index (χ1) is 7.84. The molecule has 0 spiro atoms. The number of benzene rings is 1. The van der Waals surface area contributed by atoms with Crippen LogP contribution < -0.4 is 5.32 Å². The van der Waals surface area contributed by atoms with E-state index in [1.54, 1.807) is 6.92 Å². The normalized spacial score (nSPS) is 12.9. The number of carbonyl (C=O) groups is 1. The molecule has 0 bridgehead atoms. The Balaban J connectivity index is 2.92. The number of nitrogens with one attached hydrogen (secondary N) is 1. The summed E-state index contributed by atoms with van der Waals surface area (Å²) in [5, 5.41) is 2.50. The topological polar surface area (TPSA) is 29.1 Å². The van der Waals surface area contributed by atoms with Gasteiger partial charge < -0.3 is 5.32 Å². The number of carbonyl (C=O) groups excluding carboxylic acids is 1. The predicted octanol–water partition coefficient (Wildman–Crippen LogP) is 3.07. The van der Waals surface area contributed by atoms with Gasteiger partial charge in [0.05, 0.1) is 11.6 Å². The van der Waals surface area contributed by atoms with E-state index in [0.29, 0.717) is 5.56 Å². The second-order valence-electron chi connectivity index (χ2n) is 3.56. The molecular formula is C12H12F3NO. The van der Waals surface area contributed by atoms with Crippen molar-refractivity contribution in [2.45, 2.75) is 19.1 Å². The van der Waals surface area contributed by atoms with Crippen molar-refractivity contribution in [1.82, 2.24) is 5.32 Å². The summed E-state index contributed by atoms with van der Waals surface area (Å²) in [5.41, 5.74) is -0.329. The second kappa shape index (κ2) is 5.03. The van der Waals surface area contributed by atoms with E-state index in [1.807, 2.05) is 0 Å². The van der Waals surface area contributed by atoms with Gasteiger partial charge in [0.1, 0.15) is 0 Å². The third kappa shape index (κ3) is 3.62. The molecule has 0 aliphatic carbocycles. The van der Waals surface area contributed by atoms with Crippen LogP contribution in [0.2, 0.25) is 0 Å². The molecule has 0 unspecified atom stereocenters. The van der Waals surface area contributed by atoms with Crippen molar-refractivity contribution in [2.24, 2.45) is 0 Å². The molecule has 1 aromatic carbocycles. The lowest BCUT2D eigenvalue weighted by atomic mass is 10.0. The molecule has 0 heterocycles. The first-order valence-electron chi connectivity index (χ1n) is 4.94. The van der Waals surface area contributed by atoms with Gasteiger partial charge in [-0.2, -0.15) is 13.2 Å². The van der Waals surface area contributed by atoms with Crippen LogP contribution in [0.1, 0.15) is 24.1 Å². The SMILES string of the molecule is C=CC(=O)N[C@@H](C)c1cccc(C(F)(F)F)c1. The number of alkyl halides is 3. The standard InChI is InChI=1S/C12H12F3NO/c1-3-11(17)16-8(2)9-5-4-6-10(7-9)12(13,14)15/h3-8H,1H2,2H3,(H,16,17)/t8-/m0/s1. The Labute approximate surface area is 97.1 Å². The van der Waals surface area contributed by atoms with Gasteiger partial charge in [-0.1, -0.05) is 18.7 Å². The van der Waals surface area contributed by atoms with Gasteiger partial charge in [0.15, 0.2) is 0 Å². The monoisotopic (exact) mass is 243 g/mol. The quantitative estimate of drug-likeness (QED) is 0.812. The van der Waals surface area contributed by atoms with Gasteiger partial charge in [-0.3, -0.25) is 4.79 Å². The zero-order valence-corrected chi connectivity index (χ0v) is 9.21. The first-order valence-corrected chi connectivity index (χ1v) is 4.94. The Hall–Kier alpha value is -1.78. The molecule has 5 heteroatoms. The maximum atomic E-state index is 12.5. The van der Waals surface area contributed by atoms with Gasteiger partial charge >= 0.3 is 6.18 Å². The molecule has 0 aliphatic rings. The van der Waals surface area contributed by atoms with E-state index in [9.17, 15) is 18.0 Å². The van der Waals surface area contributed by atoms with Crippen LogP contribution in [0.4, 0.5) is 13.2 Å². The average Bonchev–Trinajstić information content (AvgIpc) is 2.28. The van der Waals surface area contributed by atoms with E-state index in [-0.39, 0.29) is 0 Å². The summed E-state index contributed by atoms with van der Waals surface area (Å²) < 4.78 is 37.4. The number of halogens is 3. The van der Waals surface area contributed by atoms with Crippen LogP contribution in [0.15, 0.2) is 36.9 Å². The molecule has 0 aliphatic heterocycles. The molecule has 17 heavy (non-hydrogen) atoms. The fourth-order valence-corrected chi connectivity index (χ4v) is 1.34. The molecule has 1 atom stereocenters. The predicted molar refractivity (Wildman–Crippen MR) is 58.2 cm³/mol. The van der Waals surface area contributed by atoms with Crippen molar-refractivity contribution in [2.75, 3.05) is 0 Å². The van der Waals surface area contributed by atoms with Crippen LogP contribution in [-0.4, -0.2) is 5.91 Å². The highest BCUT2D eigenvalue weighted by molar-refractivity contribution is 5.87. The molecule has 1 aromatic rings. The third-order valence-corrected chi connectivity index (χ3v) is 2.26. The molecule has 1 amide bonds. The minimum absolute atomic E-state index is 0.398. The molecule has 92 valence electrons. The van der Waals surface area contributed by atoms with Gasteiger partial charge in [0.25, 0.3) is 0 Å². The van der Waals surface area contributed by atoms with Crippen LogP contribution in [0.25, 0.3) is 0 Å². The van der Waals surface area contributed by atoms with Gasteiger partial charge in [-0.15, -0.1) is 0 Å². The molecule has 0 saturated heterocycles. The Morgan fingerprint density at radius 2 is 2.12 bits per heavy atom. The summed E-state index contributed by atoms with van der Waals surface area (Å²) in [6, 6.07) is 4.36. The molecule has 0 fully saturated rings. The number of amides is 1. The highest BCUT2D eigenvalue weighted by atomic mass is 19.4. The summed E-state index contributed by atoms with van der Waals surface area (Å²) in [5.74, 6) is -0.421. The highest BCUT2D eigenvalue weighted by Gasteiger charge is 2.30. The smallest absolute Gasteiger partial charge is 0.346 e. The molecule has 2 nitrogen and oxygen atoms in total. The van der Waals surface area contributed by atoms with Gasteiger partial charge in [0.2, 0.25) is 5.91 Å². The van der Waals surface area contributed by atoms with Crippen molar-refractivity contribution in [3.63, 3.8) is 0 Å². The van der Waals surface area contributed by atoms with Crippen molar-refractivity contribution in [3.8, 4) is 0 Å².